The highest BCUT2D eigenvalue weighted by Gasteiger charge is 2.35. The monoisotopic (exact) mass is 486 g/mol. The van der Waals surface area contributed by atoms with Crippen LogP contribution in [0.15, 0.2) is 78.0 Å². The van der Waals surface area contributed by atoms with Gasteiger partial charge in [0.2, 0.25) is 10.0 Å². The number of ether oxygens (including phenoxy) is 1. The number of sulfonamides is 1. The van der Waals surface area contributed by atoms with Gasteiger partial charge in [0.1, 0.15) is 17.5 Å². The van der Waals surface area contributed by atoms with Gasteiger partial charge in [-0.15, -0.1) is 0 Å². The summed E-state index contributed by atoms with van der Waals surface area (Å²) in [4.78, 5) is 27.5. The first-order valence-electron chi connectivity index (χ1n) is 9.85. The molecule has 0 radical (unpaired) electrons. The highest BCUT2D eigenvalue weighted by Crippen LogP contribution is 2.26. The van der Waals surface area contributed by atoms with Crippen LogP contribution in [0.2, 0.25) is 5.02 Å². The normalized spacial score (nSPS) is 15.9. The van der Waals surface area contributed by atoms with Crippen molar-refractivity contribution >= 4 is 33.6 Å². The molecule has 1 aliphatic heterocycles. The minimum atomic E-state index is -4.02. The van der Waals surface area contributed by atoms with Crippen molar-refractivity contribution in [2.75, 3.05) is 6.54 Å². The van der Waals surface area contributed by atoms with Crippen molar-refractivity contribution in [2.45, 2.75) is 17.5 Å². The Labute approximate surface area is 195 Å². The third kappa shape index (κ3) is 5.48. The van der Waals surface area contributed by atoms with E-state index in [9.17, 15) is 18.0 Å². The molecule has 1 unspecified atom stereocenters. The van der Waals surface area contributed by atoms with Gasteiger partial charge in [0, 0.05) is 30.5 Å². The molecule has 170 valence electrons. The van der Waals surface area contributed by atoms with Crippen LogP contribution in [0, 0.1) is 0 Å². The van der Waals surface area contributed by atoms with E-state index in [2.05, 4.69) is 15.6 Å². The van der Waals surface area contributed by atoms with Gasteiger partial charge >= 0.3 is 6.03 Å². The fraction of sp³-hybridized carbons (Fsp3) is 0.136. The molecule has 33 heavy (non-hydrogen) atoms. The molecule has 9 nitrogen and oxygen atoms in total. The number of carbonyl (C=O) groups excluding carboxylic acids is 2. The van der Waals surface area contributed by atoms with Crippen molar-refractivity contribution in [3.05, 3.63) is 83.6 Å². The highest BCUT2D eigenvalue weighted by atomic mass is 35.5. The molecule has 1 fully saturated rings. The number of urea groups is 1. The minimum absolute atomic E-state index is 0.0135. The third-order valence-corrected chi connectivity index (χ3v) is 6.92. The third-order valence-electron chi connectivity index (χ3n) is 4.84. The van der Waals surface area contributed by atoms with Crippen LogP contribution >= 0.6 is 11.6 Å². The van der Waals surface area contributed by atoms with Crippen LogP contribution in [-0.2, 0) is 21.4 Å². The summed E-state index contributed by atoms with van der Waals surface area (Å²) in [6.07, 6.45) is 3.12. The van der Waals surface area contributed by atoms with E-state index in [1.807, 2.05) is 0 Å². The van der Waals surface area contributed by atoms with Crippen LogP contribution in [0.3, 0.4) is 0 Å². The van der Waals surface area contributed by atoms with E-state index < -0.39 is 28.0 Å². The second kappa shape index (κ2) is 9.57. The Hall–Kier alpha value is -3.47. The molecule has 0 spiro atoms. The quantitative estimate of drug-likeness (QED) is 0.473. The van der Waals surface area contributed by atoms with Crippen LogP contribution in [0.4, 0.5) is 4.79 Å². The van der Waals surface area contributed by atoms with Gasteiger partial charge in [-0.05, 0) is 60.2 Å². The number of amides is 3. The van der Waals surface area contributed by atoms with Crippen LogP contribution < -0.4 is 15.4 Å². The van der Waals surface area contributed by atoms with E-state index >= 15 is 0 Å². The Morgan fingerprint density at radius 1 is 1.00 bits per heavy atom. The van der Waals surface area contributed by atoms with Crippen molar-refractivity contribution in [2.24, 2.45) is 0 Å². The van der Waals surface area contributed by atoms with E-state index in [0.29, 0.717) is 22.1 Å². The van der Waals surface area contributed by atoms with Crippen molar-refractivity contribution < 1.29 is 22.7 Å². The van der Waals surface area contributed by atoms with E-state index in [-0.39, 0.29) is 18.0 Å². The first kappa shape index (κ1) is 22.7. The Balaban J connectivity index is 1.57. The van der Waals surface area contributed by atoms with Crippen molar-refractivity contribution in [3.8, 4) is 11.5 Å². The van der Waals surface area contributed by atoms with Crippen LogP contribution in [0.25, 0.3) is 0 Å². The molecule has 2 heterocycles. The number of hydrogen-bond donors (Lipinski definition) is 2. The molecule has 2 aromatic carbocycles. The first-order chi connectivity index (χ1) is 15.8. The lowest BCUT2D eigenvalue weighted by Crippen LogP contribution is -2.44. The smallest absolute Gasteiger partial charge is 0.322 e. The maximum atomic E-state index is 13.4. The maximum absolute atomic E-state index is 13.4. The van der Waals surface area contributed by atoms with E-state index in [0.717, 1.165) is 4.31 Å². The van der Waals surface area contributed by atoms with Crippen LogP contribution in [0.5, 0.6) is 11.5 Å². The number of nitrogens with zero attached hydrogens (tertiary/aromatic N) is 2. The molecule has 0 bridgehead atoms. The molecule has 2 N–H and O–H groups in total. The summed E-state index contributed by atoms with van der Waals surface area (Å²) in [6.45, 7) is -0.267. The molecule has 11 heteroatoms. The number of benzene rings is 2. The van der Waals surface area contributed by atoms with E-state index in [1.165, 1.54) is 24.3 Å². The summed E-state index contributed by atoms with van der Waals surface area (Å²) in [5.74, 6) is 0.409. The van der Waals surface area contributed by atoms with E-state index in [4.69, 9.17) is 16.3 Å². The molecule has 4 rings (SSSR count). The van der Waals surface area contributed by atoms with Gasteiger partial charge in [0.25, 0.3) is 5.91 Å². The molecule has 0 saturated carbocycles. The zero-order valence-electron chi connectivity index (χ0n) is 17.1. The minimum Gasteiger partial charge on any atom is -0.457 e. The lowest BCUT2D eigenvalue weighted by Gasteiger charge is -2.24. The SMILES string of the molecule is O=C1NC(=O)C(CN(Cc2cccnc2)S(=O)(=O)c2ccc(Oc3ccc(Cl)cc3)cc2)N1. The first-order valence-corrected chi connectivity index (χ1v) is 11.7. The highest BCUT2D eigenvalue weighted by molar-refractivity contribution is 7.89. The van der Waals surface area contributed by atoms with Crippen molar-refractivity contribution in [3.63, 3.8) is 0 Å². The van der Waals surface area contributed by atoms with E-state index in [1.54, 1.807) is 48.8 Å². The molecule has 3 aromatic rings. The summed E-state index contributed by atoms with van der Waals surface area (Å²) in [7, 11) is -4.02. The molecule has 1 saturated heterocycles. The second-order valence-corrected chi connectivity index (χ2v) is 9.58. The standard InChI is InChI=1S/C22H19ClN4O5S/c23-16-3-5-17(6-4-16)32-18-7-9-19(10-8-18)33(30,31)27(13-15-2-1-11-24-12-15)14-20-21(28)26-22(29)25-20/h1-12,20H,13-14H2,(H2,25,26,28,29). The average Bonchev–Trinajstić information content (AvgIpc) is 3.12. The molecule has 1 atom stereocenters. The Bertz CT molecular complexity index is 1250. The molecule has 3 amide bonds. The summed E-state index contributed by atoms with van der Waals surface area (Å²) in [5, 5.41) is 5.12. The van der Waals surface area contributed by atoms with Gasteiger partial charge in [-0.3, -0.25) is 15.1 Å². The second-order valence-electron chi connectivity index (χ2n) is 7.20. The Morgan fingerprint density at radius 3 is 2.24 bits per heavy atom. The van der Waals surface area contributed by atoms with Crippen LogP contribution in [0.1, 0.15) is 5.56 Å². The number of pyridine rings is 1. The fourth-order valence-electron chi connectivity index (χ4n) is 3.20. The lowest BCUT2D eigenvalue weighted by atomic mass is 10.2. The average molecular weight is 487 g/mol. The molecule has 1 aliphatic rings. The molecular weight excluding hydrogens is 468 g/mol. The summed E-state index contributed by atoms with van der Waals surface area (Å²) in [5.41, 5.74) is 0.633. The van der Waals surface area contributed by atoms with Gasteiger partial charge in [0.05, 0.1) is 4.90 Å². The number of carbonyl (C=O) groups is 2. The predicted molar refractivity (Wildman–Crippen MR) is 120 cm³/mol. The van der Waals surface area contributed by atoms with Gasteiger partial charge < -0.3 is 10.1 Å². The van der Waals surface area contributed by atoms with Gasteiger partial charge in [-0.2, -0.15) is 4.31 Å². The number of aromatic nitrogens is 1. The molecule has 0 aliphatic carbocycles. The Morgan fingerprint density at radius 2 is 1.67 bits per heavy atom. The number of imide groups is 1. The zero-order valence-corrected chi connectivity index (χ0v) is 18.7. The number of rotatable bonds is 8. The number of halogens is 1. The summed E-state index contributed by atoms with van der Waals surface area (Å²) >= 11 is 5.87. The fourth-order valence-corrected chi connectivity index (χ4v) is 4.77. The molecular formula is C22H19ClN4O5S. The summed E-state index contributed by atoms with van der Waals surface area (Å²) < 4.78 is 33.7. The number of nitrogens with one attached hydrogen (secondary N) is 2. The van der Waals surface area contributed by atoms with Gasteiger partial charge in [-0.1, -0.05) is 17.7 Å². The maximum Gasteiger partial charge on any atom is 0.322 e. The summed E-state index contributed by atoms with van der Waals surface area (Å²) in [6, 6.07) is 14.4. The largest absolute Gasteiger partial charge is 0.457 e. The van der Waals surface area contributed by atoms with Crippen molar-refractivity contribution in [1.29, 1.82) is 0 Å². The molecule has 1 aromatic heterocycles. The van der Waals surface area contributed by atoms with Gasteiger partial charge in [-0.25, -0.2) is 13.2 Å². The topological polar surface area (TPSA) is 118 Å². The van der Waals surface area contributed by atoms with Crippen LogP contribution in [-0.4, -0.2) is 42.2 Å². The van der Waals surface area contributed by atoms with Gasteiger partial charge in [0.15, 0.2) is 0 Å². The lowest BCUT2D eigenvalue weighted by molar-refractivity contribution is -0.120. The predicted octanol–water partition coefficient (Wildman–Crippen LogP) is 2.93. The number of hydrogen-bond acceptors (Lipinski definition) is 6. The zero-order chi connectivity index (χ0) is 23.4. The Kier molecular flexibility index (Phi) is 6.59. The van der Waals surface area contributed by atoms with Crippen molar-refractivity contribution in [1.82, 2.24) is 19.9 Å².